The van der Waals surface area contributed by atoms with Gasteiger partial charge in [0.15, 0.2) is 11.5 Å². The minimum Gasteiger partial charge on any atom is -0.310 e. The van der Waals surface area contributed by atoms with Crippen LogP contribution < -0.4 is 10.6 Å². The van der Waals surface area contributed by atoms with Gasteiger partial charge in [0, 0.05) is 12.0 Å². The third-order valence-corrected chi connectivity index (χ3v) is 6.44. The molecule has 0 spiro atoms. The third-order valence-electron chi connectivity index (χ3n) is 6.44. The molecule has 9 nitrogen and oxygen atoms in total. The van der Waals surface area contributed by atoms with Gasteiger partial charge >= 0.3 is 0 Å². The van der Waals surface area contributed by atoms with Gasteiger partial charge in [-0.15, -0.1) is 0 Å². The monoisotopic (exact) mass is 479 g/mol. The quantitative estimate of drug-likeness (QED) is 0.466. The Morgan fingerprint density at radius 2 is 1.80 bits per heavy atom. The van der Waals surface area contributed by atoms with Gasteiger partial charge in [0.25, 0.3) is 0 Å². The van der Waals surface area contributed by atoms with Gasteiger partial charge in [-0.2, -0.15) is 5.10 Å². The number of nitrogens with one attached hydrogen (secondary N) is 2. The highest BCUT2D eigenvalue weighted by molar-refractivity contribution is 6.09. The standard InChI is InChI=1S/C23H16F3N7O2/c1-23-6-5-15(34)28-18-16(23)19(31-22(23)35)30-20(29-18)17-11-7-10(24)8-27-21(11)33(32-17)9-12-13(25)3-2-4-14(12)26/h2-4,7-8H,5-6,9H2,1H3,(H2,28,29,30,31,34,35)/t23-/m1/s1. The number of rotatable bonds is 3. The SMILES string of the molecule is C[C@@]12CCC(=O)Nc3nc(-c4nn(Cc5c(F)cccc5F)c5ncc(F)cc45)nc(c31)NC2=O. The van der Waals surface area contributed by atoms with Crippen LogP contribution in [0.4, 0.5) is 24.8 Å². The summed E-state index contributed by atoms with van der Waals surface area (Å²) in [5, 5.41) is 10.0. The molecule has 6 rings (SSSR count). The maximum Gasteiger partial charge on any atom is 0.236 e. The largest absolute Gasteiger partial charge is 0.310 e. The van der Waals surface area contributed by atoms with Crippen LogP contribution in [0.25, 0.3) is 22.6 Å². The number of aromatic nitrogens is 5. The second kappa shape index (κ2) is 7.32. The number of hydrogen-bond acceptors (Lipinski definition) is 6. The Labute approximate surface area is 195 Å². The average molecular weight is 479 g/mol. The molecule has 176 valence electrons. The average Bonchev–Trinajstić information content (AvgIpc) is 3.24. The molecule has 1 atom stereocenters. The number of carbonyl (C=O) groups is 2. The number of nitrogens with zero attached hydrogens (tertiary/aromatic N) is 5. The smallest absolute Gasteiger partial charge is 0.236 e. The van der Waals surface area contributed by atoms with Gasteiger partial charge in [-0.1, -0.05) is 6.07 Å². The van der Waals surface area contributed by atoms with Gasteiger partial charge in [-0.05, 0) is 31.5 Å². The molecule has 0 aliphatic carbocycles. The lowest BCUT2D eigenvalue weighted by Crippen LogP contribution is -2.30. The van der Waals surface area contributed by atoms with Crippen molar-refractivity contribution in [3.8, 4) is 11.5 Å². The van der Waals surface area contributed by atoms with E-state index in [9.17, 15) is 22.8 Å². The van der Waals surface area contributed by atoms with Gasteiger partial charge in [0.05, 0.1) is 29.1 Å². The first-order valence-electron chi connectivity index (χ1n) is 10.7. The van der Waals surface area contributed by atoms with Crippen LogP contribution in [0.2, 0.25) is 0 Å². The zero-order valence-electron chi connectivity index (χ0n) is 18.2. The maximum atomic E-state index is 14.3. The molecule has 2 aliphatic rings. The molecular weight excluding hydrogens is 463 g/mol. The van der Waals surface area contributed by atoms with Gasteiger partial charge in [0.2, 0.25) is 11.8 Å². The number of hydrogen-bond donors (Lipinski definition) is 2. The van der Waals surface area contributed by atoms with Crippen LogP contribution in [-0.2, 0) is 21.5 Å². The zero-order valence-corrected chi connectivity index (χ0v) is 18.2. The van der Waals surface area contributed by atoms with Crippen LogP contribution in [0.1, 0.15) is 30.9 Å². The molecule has 2 N–H and O–H groups in total. The lowest BCUT2D eigenvalue weighted by atomic mass is 9.81. The van der Waals surface area contributed by atoms with E-state index in [4.69, 9.17) is 0 Å². The lowest BCUT2D eigenvalue weighted by molar-refractivity contribution is -0.121. The van der Waals surface area contributed by atoms with Crippen molar-refractivity contribution in [2.75, 3.05) is 10.6 Å². The highest BCUT2D eigenvalue weighted by Crippen LogP contribution is 2.46. The molecule has 1 aromatic carbocycles. The van der Waals surface area contributed by atoms with E-state index in [0.717, 1.165) is 24.4 Å². The van der Waals surface area contributed by atoms with E-state index in [1.807, 2.05) is 0 Å². The number of fused-ring (bicyclic) bond motifs is 1. The number of pyridine rings is 1. The van der Waals surface area contributed by atoms with Crippen molar-refractivity contribution in [1.82, 2.24) is 24.7 Å². The molecule has 0 saturated carbocycles. The summed E-state index contributed by atoms with van der Waals surface area (Å²) in [7, 11) is 0. The van der Waals surface area contributed by atoms with E-state index in [2.05, 4.69) is 30.7 Å². The van der Waals surface area contributed by atoms with Crippen molar-refractivity contribution in [2.24, 2.45) is 0 Å². The summed E-state index contributed by atoms with van der Waals surface area (Å²) in [6.45, 7) is 1.39. The van der Waals surface area contributed by atoms with Crippen LogP contribution in [0.15, 0.2) is 30.5 Å². The molecular formula is C23H16F3N7O2. The predicted octanol–water partition coefficient (Wildman–Crippen LogP) is 3.30. The molecule has 0 fully saturated rings. The second-order valence-electron chi connectivity index (χ2n) is 8.69. The first-order valence-corrected chi connectivity index (χ1v) is 10.7. The Kier molecular flexibility index (Phi) is 4.44. The first-order chi connectivity index (χ1) is 16.7. The summed E-state index contributed by atoms with van der Waals surface area (Å²) in [5.41, 5.74) is -0.536. The Morgan fingerprint density at radius 1 is 1.09 bits per heavy atom. The Bertz CT molecular complexity index is 1570. The Hall–Kier alpha value is -4.35. The highest BCUT2D eigenvalue weighted by Gasteiger charge is 2.48. The summed E-state index contributed by atoms with van der Waals surface area (Å²) in [5.74, 6) is -2.46. The van der Waals surface area contributed by atoms with Crippen molar-refractivity contribution in [3.05, 3.63) is 59.0 Å². The fraction of sp³-hybridized carbons (Fsp3) is 0.217. The van der Waals surface area contributed by atoms with Crippen LogP contribution in [0.3, 0.4) is 0 Å². The van der Waals surface area contributed by atoms with Crippen molar-refractivity contribution >= 4 is 34.5 Å². The third kappa shape index (κ3) is 3.16. The Morgan fingerprint density at radius 3 is 2.54 bits per heavy atom. The maximum absolute atomic E-state index is 14.3. The molecule has 0 bridgehead atoms. The molecule has 0 saturated heterocycles. The van der Waals surface area contributed by atoms with Crippen molar-refractivity contribution in [3.63, 3.8) is 0 Å². The summed E-state index contributed by atoms with van der Waals surface area (Å²) >= 11 is 0. The molecule has 2 aliphatic heterocycles. The summed E-state index contributed by atoms with van der Waals surface area (Å²) in [6.07, 6.45) is 1.37. The van der Waals surface area contributed by atoms with E-state index < -0.39 is 22.9 Å². The van der Waals surface area contributed by atoms with E-state index in [-0.39, 0.29) is 71.0 Å². The first kappa shape index (κ1) is 21.2. The van der Waals surface area contributed by atoms with Gasteiger partial charge in [0.1, 0.15) is 34.8 Å². The number of benzene rings is 1. The van der Waals surface area contributed by atoms with E-state index in [1.165, 1.54) is 10.7 Å². The topological polar surface area (TPSA) is 115 Å². The molecule has 4 aromatic rings. The molecule has 5 heterocycles. The van der Waals surface area contributed by atoms with Crippen LogP contribution in [0.5, 0.6) is 0 Å². The molecule has 12 heteroatoms. The molecule has 0 radical (unpaired) electrons. The van der Waals surface area contributed by atoms with Crippen molar-refractivity contribution in [1.29, 1.82) is 0 Å². The van der Waals surface area contributed by atoms with Crippen LogP contribution in [-0.4, -0.2) is 36.5 Å². The minimum atomic E-state index is -0.986. The van der Waals surface area contributed by atoms with E-state index in [0.29, 0.717) is 5.56 Å². The van der Waals surface area contributed by atoms with Crippen molar-refractivity contribution in [2.45, 2.75) is 31.7 Å². The highest BCUT2D eigenvalue weighted by atomic mass is 19.1. The normalized spacial score (nSPS) is 18.9. The van der Waals surface area contributed by atoms with Crippen molar-refractivity contribution < 1.29 is 22.8 Å². The number of anilines is 2. The summed E-state index contributed by atoms with van der Waals surface area (Å²) < 4.78 is 44.0. The van der Waals surface area contributed by atoms with Crippen LogP contribution >= 0.6 is 0 Å². The number of halogens is 3. The number of carbonyl (C=O) groups excluding carboxylic acids is 2. The van der Waals surface area contributed by atoms with Gasteiger partial charge in [-0.25, -0.2) is 32.8 Å². The summed E-state index contributed by atoms with van der Waals surface area (Å²) in [4.78, 5) is 38.0. The second-order valence-corrected chi connectivity index (χ2v) is 8.69. The minimum absolute atomic E-state index is 0.0179. The van der Waals surface area contributed by atoms with Crippen LogP contribution in [0, 0.1) is 17.5 Å². The van der Waals surface area contributed by atoms with Gasteiger partial charge in [-0.3, -0.25) is 9.59 Å². The molecule has 35 heavy (non-hydrogen) atoms. The molecule has 0 unspecified atom stereocenters. The zero-order chi connectivity index (χ0) is 24.5. The summed E-state index contributed by atoms with van der Waals surface area (Å²) in [6, 6.07) is 4.65. The van der Waals surface area contributed by atoms with Gasteiger partial charge < -0.3 is 10.6 Å². The molecule has 2 amide bonds. The van der Waals surface area contributed by atoms with E-state index >= 15 is 0 Å². The Balaban J connectivity index is 1.55. The molecule has 3 aromatic heterocycles. The number of amides is 2. The van der Waals surface area contributed by atoms with E-state index in [1.54, 1.807) is 6.92 Å². The fourth-order valence-electron chi connectivity index (χ4n) is 4.57. The lowest BCUT2D eigenvalue weighted by Gasteiger charge is -2.19. The predicted molar refractivity (Wildman–Crippen MR) is 118 cm³/mol. The fourth-order valence-corrected chi connectivity index (χ4v) is 4.57.